The monoisotopic (exact) mass is 356 g/mol. The lowest BCUT2D eigenvalue weighted by atomic mass is 10.1. The molecular weight excluding hydrogens is 339 g/mol. The minimum atomic E-state index is -0.266. The Morgan fingerprint density at radius 2 is 1.68 bits per heavy atom. The fraction of sp³-hybridized carbons (Fsp3) is 0.158. The highest BCUT2D eigenvalue weighted by Crippen LogP contribution is 2.22. The fourth-order valence-electron chi connectivity index (χ4n) is 2.45. The van der Waals surface area contributed by atoms with Crippen molar-refractivity contribution in [1.29, 1.82) is 0 Å². The van der Waals surface area contributed by atoms with Gasteiger partial charge in [-0.1, -0.05) is 24.3 Å². The summed E-state index contributed by atoms with van der Waals surface area (Å²) >= 11 is 5.19. The van der Waals surface area contributed by atoms with E-state index in [2.05, 4.69) is 0 Å². The molecule has 0 saturated carbocycles. The zero-order valence-electron chi connectivity index (χ0n) is 13.9. The number of hydrogen-bond donors (Lipinski definition) is 0. The Bertz CT molecular complexity index is 832. The van der Waals surface area contributed by atoms with Crippen LogP contribution in [0.15, 0.2) is 54.2 Å². The number of halogens is 1. The van der Waals surface area contributed by atoms with Crippen molar-refractivity contribution < 1.29 is 13.9 Å². The molecule has 1 amide bonds. The second-order valence-electron chi connectivity index (χ2n) is 5.72. The summed E-state index contributed by atoms with van der Waals surface area (Å²) in [5, 5.41) is 0.482. The number of amides is 1. The maximum Gasteiger partial charge on any atom is 0.276 e. The number of nitrogens with zero attached hydrogens (tertiary/aromatic N) is 2. The van der Waals surface area contributed by atoms with Crippen LogP contribution in [0.5, 0.6) is 5.75 Å². The van der Waals surface area contributed by atoms with Crippen molar-refractivity contribution in [2.75, 3.05) is 14.1 Å². The van der Waals surface area contributed by atoms with Crippen molar-refractivity contribution in [3.63, 3.8) is 0 Å². The first-order chi connectivity index (χ1) is 12.0. The summed E-state index contributed by atoms with van der Waals surface area (Å²) in [5.41, 5.74) is 2.30. The number of carbonyl (C=O) groups is 1. The molecular formula is C19H17FN2O2S. The molecule has 4 nitrogen and oxygen atoms in total. The molecule has 25 heavy (non-hydrogen) atoms. The summed E-state index contributed by atoms with van der Waals surface area (Å²) in [6.45, 7) is 0.362. The lowest BCUT2D eigenvalue weighted by Crippen LogP contribution is -2.26. The molecule has 0 atom stereocenters. The van der Waals surface area contributed by atoms with Gasteiger partial charge in [-0.3, -0.25) is 9.69 Å². The third-order valence-corrected chi connectivity index (χ3v) is 4.51. The highest BCUT2D eigenvalue weighted by molar-refractivity contribution is 7.80. The fourth-order valence-corrected chi connectivity index (χ4v) is 2.64. The summed E-state index contributed by atoms with van der Waals surface area (Å²) < 4.78 is 18.6. The van der Waals surface area contributed by atoms with Crippen molar-refractivity contribution >= 4 is 29.3 Å². The van der Waals surface area contributed by atoms with Crippen LogP contribution >= 0.6 is 12.2 Å². The maximum absolute atomic E-state index is 12.9. The SMILES string of the molecule is CN1C(=O)C(=Cc2ccc(OCc3ccc(F)cc3)cc2)N(C)C1=S. The van der Waals surface area contributed by atoms with Gasteiger partial charge in [0.1, 0.15) is 23.9 Å². The largest absolute Gasteiger partial charge is 0.489 e. The molecule has 3 rings (SSSR count). The zero-order chi connectivity index (χ0) is 18.0. The van der Waals surface area contributed by atoms with Gasteiger partial charge in [0, 0.05) is 14.1 Å². The van der Waals surface area contributed by atoms with Crippen molar-refractivity contribution in [1.82, 2.24) is 9.80 Å². The molecule has 128 valence electrons. The van der Waals surface area contributed by atoms with Crippen LogP contribution < -0.4 is 4.74 Å². The number of rotatable bonds is 4. The average molecular weight is 356 g/mol. The van der Waals surface area contributed by atoms with Crippen LogP contribution in [-0.4, -0.2) is 34.9 Å². The molecule has 0 N–H and O–H groups in total. The van der Waals surface area contributed by atoms with Gasteiger partial charge in [0.25, 0.3) is 5.91 Å². The molecule has 2 aromatic rings. The lowest BCUT2D eigenvalue weighted by molar-refractivity contribution is -0.121. The van der Waals surface area contributed by atoms with Crippen LogP contribution in [0.1, 0.15) is 11.1 Å². The van der Waals surface area contributed by atoms with Crippen LogP contribution in [0.4, 0.5) is 4.39 Å². The lowest BCUT2D eigenvalue weighted by Gasteiger charge is -2.11. The van der Waals surface area contributed by atoms with Crippen molar-refractivity contribution in [3.8, 4) is 5.75 Å². The Morgan fingerprint density at radius 3 is 2.24 bits per heavy atom. The zero-order valence-corrected chi connectivity index (χ0v) is 14.7. The molecule has 1 heterocycles. The number of likely N-dealkylation sites (N-methyl/N-ethyl adjacent to an activating group) is 2. The summed E-state index contributed by atoms with van der Waals surface area (Å²) in [5.74, 6) is 0.312. The number of thiocarbonyl (C=S) groups is 1. The summed E-state index contributed by atoms with van der Waals surface area (Å²) in [7, 11) is 3.43. The molecule has 0 aliphatic carbocycles. The molecule has 0 aromatic heterocycles. The first-order valence-electron chi connectivity index (χ1n) is 7.70. The van der Waals surface area contributed by atoms with Gasteiger partial charge < -0.3 is 9.64 Å². The summed E-state index contributed by atoms with van der Waals surface area (Å²) in [4.78, 5) is 15.3. The van der Waals surface area contributed by atoms with E-state index < -0.39 is 0 Å². The average Bonchev–Trinajstić information content (AvgIpc) is 2.80. The Kier molecular flexibility index (Phi) is 4.81. The van der Waals surface area contributed by atoms with Gasteiger partial charge in [0.05, 0.1) is 0 Å². The van der Waals surface area contributed by atoms with Gasteiger partial charge >= 0.3 is 0 Å². The third kappa shape index (κ3) is 3.69. The normalized spacial score (nSPS) is 16.0. The predicted octanol–water partition coefficient (Wildman–Crippen LogP) is 3.43. The van der Waals surface area contributed by atoms with Gasteiger partial charge in [0.15, 0.2) is 5.11 Å². The first kappa shape index (κ1) is 17.1. The highest BCUT2D eigenvalue weighted by Gasteiger charge is 2.32. The second kappa shape index (κ2) is 7.03. The molecule has 6 heteroatoms. The number of ether oxygens (including phenoxy) is 1. The van der Waals surface area contributed by atoms with Crippen molar-refractivity contribution in [2.24, 2.45) is 0 Å². The van der Waals surface area contributed by atoms with Gasteiger partial charge in [-0.25, -0.2) is 4.39 Å². The van der Waals surface area contributed by atoms with Crippen LogP contribution in [-0.2, 0) is 11.4 Å². The van der Waals surface area contributed by atoms with Crippen LogP contribution in [0.25, 0.3) is 6.08 Å². The number of hydrogen-bond acceptors (Lipinski definition) is 3. The first-order valence-corrected chi connectivity index (χ1v) is 8.11. The molecule has 0 spiro atoms. The smallest absolute Gasteiger partial charge is 0.276 e. The minimum absolute atomic E-state index is 0.121. The Hall–Kier alpha value is -2.73. The van der Waals surface area contributed by atoms with Gasteiger partial charge in [0.2, 0.25) is 0 Å². The standard InChI is InChI=1S/C19H17FN2O2S/c1-21-17(18(23)22(2)19(21)25)11-13-5-9-16(10-6-13)24-12-14-3-7-15(20)8-4-14/h3-11H,12H2,1-2H3. The van der Waals surface area contributed by atoms with Crippen LogP contribution in [0, 0.1) is 5.82 Å². The molecule has 1 fully saturated rings. The Balaban J connectivity index is 1.68. The molecule has 1 aliphatic rings. The van der Waals surface area contributed by atoms with E-state index >= 15 is 0 Å². The second-order valence-corrected chi connectivity index (χ2v) is 6.08. The van der Waals surface area contributed by atoms with Gasteiger partial charge in [-0.05, 0) is 53.7 Å². The van der Waals surface area contributed by atoms with Gasteiger partial charge in [-0.2, -0.15) is 0 Å². The van der Waals surface area contributed by atoms with E-state index in [-0.39, 0.29) is 11.7 Å². The van der Waals surface area contributed by atoms with Crippen LogP contribution in [0.2, 0.25) is 0 Å². The van der Waals surface area contributed by atoms with Crippen LogP contribution in [0.3, 0.4) is 0 Å². The maximum atomic E-state index is 12.9. The van der Waals surface area contributed by atoms with Gasteiger partial charge in [-0.15, -0.1) is 0 Å². The topological polar surface area (TPSA) is 32.8 Å². The molecule has 2 aromatic carbocycles. The predicted molar refractivity (Wildman–Crippen MR) is 98.3 cm³/mol. The summed E-state index contributed by atoms with van der Waals surface area (Å²) in [6.07, 6.45) is 1.79. The highest BCUT2D eigenvalue weighted by atomic mass is 32.1. The van der Waals surface area contributed by atoms with E-state index in [0.29, 0.717) is 23.2 Å². The molecule has 0 bridgehead atoms. The molecule has 1 saturated heterocycles. The quantitative estimate of drug-likeness (QED) is 0.621. The number of carbonyl (C=O) groups excluding carboxylic acids is 1. The van der Waals surface area contributed by atoms with E-state index in [1.165, 1.54) is 17.0 Å². The van der Waals surface area contributed by atoms with E-state index in [1.807, 2.05) is 24.3 Å². The summed E-state index contributed by atoms with van der Waals surface area (Å²) in [6, 6.07) is 13.6. The molecule has 1 aliphatic heterocycles. The number of benzene rings is 2. The van der Waals surface area contributed by atoms with E-state index in [9.17, 15) is 9.18 Å². The van der Waals surface area contributed by atoms with E-state index in [0.717, 1.165) is 11.1 Å². The minimum Gasteiger partial charge on any atom is -0.489 e. The third-order valence-electron chi connectivity index (χ3n) is 3.96. The molecule has 0 unspecified atom stereocenters. The Morgan fingerprint density at radius 1 is 1.04 bits per heavy atom. The van der Waals surface area contributed by atoms with E-state index in [1.54, 1.807) is 37.2 Å². The molecule has 0 radical (unpaired) electrons. The Labute approximate surface area is 151 Å². The van der Waals surface area contributed by atoms with E-state index in [4.69, 9.17) is 17.0 Å². The van der Waals surface area contributed by atoms with Crippen molar-refractivity contribution in [3.05, 3.63) is 71.2 Å². The van der Waals surface area contributed by atoms with Crippen molar-refractivity contribution in [2.45, 2.75) is 6.61 Å².